The lowest BCUT2D eigenvalue weighted by atomic mass is 9.86. The van der Waals surface area contributed by atoms with E-state index in [2.05, 4.69) is 36.8 Å². The smallest absolute Gasteiger partial charge is 0.247 e. The number of hydrogen-bond donors (Lipinski definition) is 1. The molecule has 4 nitrogen and oxygen atoms in total. The van der Waals surface area contributed by atoms with E-state index >= 15 is 0 Å². The van der Waals surface area contributed by atoms with Gasteiger partial charge >= 0.3 is 0 Å². The Morgan fingerprint density at radius 2 is 1.90 bits per heavy atom. The summed E-state index contributed by atoms with van der Waals surface area (Å²) in [7, 11) is 0. The zero-order valence-corrected chi connectivity index (χ0v) is 12.8. The van der Waals surface area contributed by atoms with Crippen molar-refractivity contribution in [3.63, 3.8) is 0 Å². The van der Waals surface area contributed by atoms with Crippen molar-refractivity contribution < 1.29 is 4.74 Å². The van der Waals surface area contributed by atoms with Crippen LogP contribution in [0.1, 0.15) is 31.9 Å². The van der Waals surface area contributed by atoms with Crippen LogP contribution >= 0.6 is 11.6 Å². The normalized spacial score (nSPS) is 11.4. The highest BCUT2D eigenvalue weighted by molar-refractivity contribution is 6.32. The first-order valence-corrected chi connectivity index (χ1v) is 6.72. The predicted molar refractivity (Wildman–Crippen MR) is 81.4 cm³/mol. The van der Waals surface area contributed by atoms with Crippen LogP contribution in [-0.4, -0.2) is 9.97 Å². The number of nitrogens with two attached hydrogens (primary N) is 1. The van der Waals surface area contributed by atoms with Crippen LogP contribution in [0, 0.1) is 6.92 Å². The molecule has 0 bridgehead atoms. The van der Waals surface area contributed by atoms with Gasteiger partial charge in [0.2, 0.25) is 5.88 Å². The molecule has 0 aliphatic carbocycles. The number of nitrogens with zero attached hydrogens (tertiary/aromatic N) is 2. The second kappa shape index (κ2) is 5.29. The van der Waals surface area contributed by atoms with Crippen LogP contribution in [0.2, 0.25) is 5.15 Å². The molecule has 0 unspecified atom stereocenters. The van der Waals surface area contributed by atoms with Gasteiger partial charge in [-0.25, -0.2) is 4.98 Å². The molecular formula is C15H18ClN3O. The molecular weight excluding hydrogens is 274 g/mol. The van der Waals surface area contributed by atoms with Crippen LogP contribution in [0.5, 0.6) is 11.6 Å². The van der Waals surface area contributed by atoms with Gasteiger partial charge in [0.05, 0.1) is 0 Å². The van der Waals surface area contributed by atoms with Gasteiger partial charge in [-0.15, -0.1) is 0 Å². The highest BCUT2D eigenvalue weighted by atomic mass is 35.5. The molecule has 0 saturated carbocycles. The molecule has 0 amide bonds. The number of nitrogen functional groups attached to an aromatic ring is 1. The van der Waals surface area contributed by atoms with Crippen molar-refractivity contribution in [2.24, 2.45) is 0 Å². The maximum absolute atomic E-state index is 5.85. The van der Waals surface area contributed by atoms with E-state index in [0.717, 1.165) is 5.56 Å². The molecule has 2 aromatic rings. The Kier molecular flexibility index (Phi) is 3.86. The summed E-state index contributed by atoms with van der Waals surface area (Å²) in [6.07, 6.45) is 1.33. The number of anilines is 1. The van der Waals surface area contributed by atoms with Gasteiger partial charge in [0.25, 0.3) is 0 Å². The number of ether oxygens (including phenoxy) is 1. The van der Waals surface area contributed by atoms with Gasteiger partial charge in [-0.3, -0.25) is 0 Å². The fraction of sp³-hybridized carbons (Fsp3) is 0.333. The van der Waals surface area contributed by atoms with Gasteiger partial charge in [0.15, 0.2) is 5.15 Å². The largest absolute Gasteiger partial charge is 0.437 e. The van der Waals surface area contributed by atoms with E-state index in [1.807, 2.05) is 19.1 Å². The molecule has 0 aliphatic rings. The Morgan fingerprint density at radius 1 is 1.20 bits per heavy atom. The van der Waals surface area contributed by atoms with E-state index in [1.54, 1.807) is 0 Å². The fourth-order valence-corrected chi connectivity index (χ4v) is 1.90. The van der Waals surface area contributed by atoms with Crippen LogP contribution in [0.4, 0.5) is 5.69 Å². The summed E-state index contributed by atoms with van der Waals surface area (Å²) in [6.45, 7) is 8.50. The second-order valence-corrected chi connectivity index (χ2v) is 6.07. The molecule has 0 fully saturated rings. The number of aryl methyl sites for hydroxylation is 1. The maximum atomic E-state index is 5.85. The van der Waals surface area contributed by atoms with Gasteiger partial charge in [0.1, 0.15) is 17.8 Å². The van der Waals surface area contributed by atoms with Gasteiger partial charge in [-0.1, -0.05) is 44.5 Å². The number of aromatic nitrogens is 2. The summed E-state index contributed by atoms with van der Waals surface area (Å²) >= 11 is 5.85. The summed E-state index contributed by atoms with van der Waals surface area (Å²) in [4.78, 5) is 7.80. The molecule has 1 heterocycles. The highest BCUT2D eigenvalue weighted by Crippen LogP contribution is 2.33. The molecule has 0 spiro atoms. The quantitative estimate of drug-likeness (QED) is 0.846. The number of benzene rings is 1. The summed E-state index contributed by atoms with van der Waals surface area (Å²) in [6, 6.07) is 6.07. The molecule has 20 heavy (non-hydrogen) atoms. The Labute approximate surface area is 124 Å². The summed E-state index contributed by atoms with van der Waals surface area (Å²) in [5.41, 5.74) is 8.41. The number of hydrogen-bond acceptors (Lipinski definition) is 4. The first-order chi connectivity index (χ1) is 9.29. The molecule has 2 N–H and O–H groups in total. The molecule has 0 atom stereocenters. The highest BCUT2D eigenvalue weighted by Gasteiger charge is 2.16. The van der Waals surface area contributed by atoms with E-state index in [9.17, 15) is 0 Å². The zero-order valence-electron chi connectivity index (χ0n) is 12.1. The van der Waals surface area contributed by atoms with Gasteiger partial charge in [-0.2, -0.15) is 4.98 Å². The Balaban J connectivity index is 2.33. The SMILES string of the molecule is Cc1cc(C(C)(C)C)ccc1Oc1ncnc(Cl)c1N. The minimum atomic E-state index is 0.0978. The zero-order chi connectivity index (χ0) is 14.9. The number of rotatable bonds is 2. The first-order valence-electron chi connectivity index (χ1n) is 6.34. The molecule has 5 heteroatoms. The van der Waals surface area contributed by atoms with E-state index in [4.69, 9.17) is 22.1 Å². The van der Waals surface area contributed by atoms with Crippen molar-refractivity contribution in [3.8, 4) is 11.6 Å². The van der Waals surface area contributed by atoms with Crippen molar-refractivity contribution in [3.05, 3.63) is 40.8 Å². The lowest BCUT2D eigenvalue weighted by Gasteiger charge is -2.20. The third-order valence-corrected chi connectivity index (χ3v) is 3.35. The molecule has 0 saturated heterocycles. The van der Waals surface area contributed by atoms with Gasteiger partial charge < -0.3 is 10.5 Å². The standard InChI is InChI=1S/C15H18ClN3O/c1-9-7-10(15(2,3)4)5-6-11(9)20-14-12(17)13(16)18-8-19-14/h5-8H,17H2,1-4H3. The van der Waals surface area contributed by atoms with Crippen LogP contribution in [0.25, 0.3) is 0 Å². The minimum absolute atomic E-state index is 0.0978. The van der Waals surface area contributed by atoms with Crippen LogP contribution in [-0.2, 0) is 5.41 Å². The summed E-state index contributed by atoms with van der Waals surface area (Å²) in [5, 5.41) is 0.193. The maximum Gasteiger partial charge on any atom is 0.247 e. The van der Waals surface area contributed by atoms with Crippen molar-refractivity contribution in [1.82, 2.24) is 9.97 Å². The molecule has 0 radical (unpaired) electrons. The van der Waals surface area contributed by atoms with Crippen LogP contribution in [0.15, 0.2) is 24.5 Å². The lowest BCUT2D eigenvalue weighted by Crippen LogP contribution is -2.11. The molecule has 1 aromatic carbocycles. The first kappa shape index (κ1) is 14.6. The summed E-state index contributed by atoms with van der Waals surface area (Å²) in [5.74, 6) is 0.982. The minimum Gasteiger partial charge on any atom is -0.437 e. The van der Waals surface area contributed by atoms with Crippen molar-refractivity contribution in [2.75, 3.05) is 5.73 Å². The lowest BCUT2D eigenvalue weighted by molar-refractivity contribution is 0.459. The topological polar surface area (TPSA) is 61.0 Å². The van der Waals surface area contributed by atoms with Crippen molar-refractivity contribution >= 4 is 17.3 Å². The van der Waals surface area contributed by atoms with Crippen LogP contribution in [0.3, 0.4) is 0 Å². The average Bonchev–Trinajstić information content (AvgIpc) is 2.36. The average molecular weight is 292 g/mol. The molecule has 0 aliphatic heterocycles. The Hall–Kier alpha value is -1.81. The third-order valence-electron chi connectivity index (χ3n) is 3.05. The van der Waals surface area contributed by atoms with Crippen molar-refractivity contribution in [2.45, 2.75) is 33.1 Å². The second-order valence-electron chi connectivity index (χ2n) is 5.72. The van der Waals surface area contributed by atoms with Gasteiger partial charge in [-0.05, 0) is 29.5 Å². The molecule has 1 aromatic heterocycles. The monoisotopic (exact) mass is 291 g/mol. The van der Waals surface area contributed by atoms with E-state index in [1.165, 1.54) is 11.9 Å². The van der Waals surface area contributed by atoms with Crippen molar-refractivity contribution in [1.29, 1.82) is 0 Å². The van der Waals surface area contributed by atoms with E-state index in [0.29, 0.717) is 5.75 Å². The van der Waals surface area contributed by atoms with Gasteiger partial charge in [0, 0.05) is 0 Å². The predicted octanol–water partition coefficient (Wildman–Crippen LogP) is 4.11. The summed E-state index contributed by atoms with van der Waals surface area (Å²) < 4.78 is 5.73. The van der Waals surface area contributed by atoms with E-state index < -0.39 is 0 Å². The molecule has 2 rings (SSSR count). The number of halogens is 1. The van der Waals surface area contributed by atoms with Crippen LogP contribution < -0.4 is 10.5 Å². The fourth-order valence-electron chi connectivity index (χ4n) is 1.78. The third kappa shape index (κ3) is 3.02. The Bertz CT molecular complexity index is 636. The molecule has 106 valence electrons. The Morgan fingerprint density at radius 3 is 2.50 bits per heavy atom. The van der Waals surface area contributed by atoms with E-state index in [-0.39, 0.29) is 22.1 Å².